The van der Waals surface area contributed by atoms with E-state index in [0.717, 1.165) is 16.5 Å². The maximum Gasteiger partial charge on any atom is 0.348 e. The number of carbonyl (C=O) groups excluding carboxylic acids is 1. The maximum atomic E-state index is 12.6. The lowest BCUT2D eigenvalue weighted by atomic mass is 10.2. The van der Waals surface area contributed by atoms with Gasteiger partial charge in [-0.15, -0.1) is 11.3 Å². The van der Waals surface area contributed by atoms with E-state index >= 15 is 0 Å². The van der Waals surface area contributed by atoms with E-state index in [4.69, 9.17) is 4.74 Å². The fourth-order valence-corrected chi connectivity index (χ4v) is 4.10. The van der Waals surface area contributed by atoms with E-state index in [1.54, 1.807) is 18.2 Å². The van der Waals surface area contributed by atoms with Gasteiger partial charge in [-0.25, -0.2) is 14.8 Å². The fourth-order valence-electron chi connectivity index (χ4n) is 3.05. The second kappa shape index (κ2) is 8.28. The van der Waals surface area contributed by atoms with E-state index in [1.807, 2.05) is 43.3 Å². The van der Waals surface area contributed by atoms with E-state index < -0.39 is 0 Å². The Labute approximate surface area is 171 Å². The van der Waals surface area contributed by atoms with Crippen LogP contribution in [-0.2, 0) is 11.2 Å². The number of benzene rings is 2. The summed E-state index contributed by atoms with van der Waals surface area (Å²) in [6, 6.07) is 16.7. The number of carbonyl (C=O) groups is 1. The summed E-state index contributed by atoms with van der Waals surface area (Å²) in [6.07, 6.45) is 2.12. The Bertz CT molecular complexity index is 1160. The summed E-state index contributed by atoms with van der Waals surface area (Å²) in [5, 5.41) is 13.6. The highest BCUT2D eigenvalue weighted by molar-refractivity contribution is 7.20. The number of ether oxygens (including phenoxy) is 1. The molecule has 29 heavy (non-hydrogen) atoms. The molecule has 2 aromatic carbocycles. The third-order valence-corrected chi connectivity index (χ3v) is 5.67. The predicted octanol–water partition coefficient (Wildman–Crippen LogP) is 4.85. The maximum absolute atomic E-state index is 12.6. The number of fused-ring (bicyclic) bond motifs is 1. The first-order valence-corrected chi connectivity index (χ1v) is 9.94. The van der Waals surface area contributed by atoms with Crippen molar-refractivity contribution in [2.24, 2.45) is 0 Å². The van der Waals surface area contributed by atoms with Gasteiger partial charge in [0.25, 0.3) is 0 Å². The molecular formula is C22H19N3O3S. The lowest BCUT2D eigenvalue weighted by Crippen LogP contribution is -2.07. The normalized spacial score (nSPS) is 10.8. The summed E-state index contributed by atoms with van der Waals surface area (Å²) in [5.41, 5.74) is 2.59. The van der Waals surface area contributed by atoms with Crippen LogP contribution >= 0.6 is 11.3 Å². The first-order chi connectivity index (χ1) is 14.1. The number of phenols is 1. The Kier molecular flexibility index (Phi) is 5.39. The SMILES string of the molecule is Cc1c(C(=O)OCCc2ccccc2)sc2ncnc(Nc3cccc(O)c3)c12. The molecule has 0 atom stereocenters. The number of nitrogens with zero attached hydrogens (tertiary/aromatic N) is 2. The average molecular weight is 405 g/mol. The van der Waals surface area contributed by atoms with Gasteiger partial charge >= 0.3 is 5.97 Å². The molecule has 0 spiro atoms. The van der Waals surface area contributed by atoms with Crippen molar-refractivity contribution in [1.29, 1.82) is 0 Å². The number of aromatic nitrogens is 2. The van der Waals surface area contributed by atoms with Crippen LogP contribution in [-0.4, -0.2) is 27.7 Å². The number of nitrogens with one attached hydrogen (secondary N) is 1. The molecule has 6 nitrogen and oxygen atoms in total. The number of esters is 1. The molecule has 0 fully saturated rings. The molecule has 2 aromatic heterocycles. The number of hydrogen-bond acceptors (Lipinski definition) is 7. The molecule has 0 aliphatic rings. The van der Waals surface area contributed by atoms with Crippen LogP contribution in [0, 0.1) is 6.92 Å². The first kappa shape index (κ1) is 18.9. The van der Waals surface area contributed by atoms with Crippen molar-refractivity contribution in [3.05, 3.63) is 76.9 Å². The quantitative estimate of drug-likeness (QED) is 0.446. The molecule has 0 unspecified atom stereocenters. The lowest BCUT2D eigenvalue weighted by Gasteiger charge is -2.08. The minimum absolute atomic E-state index is 0.157. The van der Waals surface area contributed by atoms with Crippen molar-refractivity contribution in [1.82, 2.24) is 9.97 Å². The van der Waals surface area contributed by atoms with E-state index in [0.29, 0.717) is 34.2 Å². The van der Waals surface area contributed by atoms with Crippen LogP contribution in [0.2, 0.25) is 0 Å². The van der Waals surface area contributed by atoms with Crippen LogP contribution < -0.4 is 5.32 Å². The highest BCUT2D eigenvalue weighted by Crippen LogP contribution is 2.35. The molecule has 0 bridgehead atoms. The van der Waals surface area contributed by atoms with Crippen LogP contribution in [0.5, 0.6) is 5.75 Å². The monoisotopic (exact) mass is 405 g/mol. The summed E-state index contributed by atoms with van der Waals surface area (Å²) < 4.78 is 5.49. The standard InChI is InChI=1S/C22H19N3O3S/c1-14-18-20(25-16-8-5-9-17(26)12-16)23-13-24-21(18)29-19(14)22(27)28-11-10-15-6-3-2-4-7-15/h2-9,12-13,26H,10-11H2,1H3,(H,23,24,25). The van der Waals surface area contributed by atoms with Crippen LogP contribution in [0.3, 0.4) is 0 Å². The predicted molar refractivity (Wildman–Crippen MR) is 114 cm³/mol. The molecule has 4 aromatic rings. The van der Waals surface area contributed by atoms with Gasteiger partial charge in [-0.3, -0.25) is 0 Å². The van der Waals surface area contributed by atoms with Gasteiger partial charge in [0, 0.05) is 18.2 Å². The molecule has 7 heteroatoms. The van der Waals surface area contributed by atoms with Gasteiger partial charge in [0.05, 0.1) is 12.0 Å². The summed E-state index contributed by atoms with van der Waals surface area (Å²) in [5.74, 6) is 0.382. The Balaban J connectivity index is 1.54. The van der Waals surface area contributed by atoms with Gasteiger partial charge in [-0.1, -0.05) is 36.4 Å². The zero-order valence-electron chi connectivity index (χ0n) is 15.8. The molecule has 0 aliphatic heterocycles. The van der Waals surface area contributed by atoms with Crippen LogP contribution in [0.25, 0.3) is 10.2 Å². The van der Waals surface area contributed by atoms with Crippen molar-refractivity contribution in [3.8, 4) is 5.75 Å². The number of anilines is 2. The van der Waals surface area contributed by atoms with Crippen LogP contribution in [0.15, 0.2) is 60.9 Å². The molecular weight excluding hydrogens is 386 g/mol. The van der Waals surface area contributed by atoms with Gasteiger partial charge < -0.3 is 15.2 Å². The highest BCUT2D eigenvalue weighted by Gasteiger charge is 2.20. The molecule has 0 saturated heterocycles. The summed E-state index contributed by atoms with van der Waals surface area (Å²) in [4.78, 5) is 22.5. The molecule has 0 radical (unpaired) electrons. The van der Waals surface area contributed by atoms with E-state index in [1.165, 1.54) is 17.7 Å². The Morgan fingerprint density at radius 3 is 2.76 bits per heavy atom. The Morgan fingerprint density at radius 2 is 1.97 bits per heavy atom. The first-order valence-electron chi connectivity index (χ1n) is 9.13. The Morgan fingerprint density at radius 1 is 1.14 bits per heavy atom. The van der Waals surface area contributed by atoms with Crippen molar-refractivity contribution in [3.63, 3.8) is 0 Å². The van der Waals surface area contributed by atoms with Crippen molar-refractivity contribution in [2.75, 3.05) is 11.9 Å². The minimum Gasteiger partial charge on any atom is -0.508 e. The van der Waals surface area contributed by atoms with E-state index in [2.05, 4.69) is 15.3 Å². The number of phenolic OH excluding ortho intramolecular Hbond substituents is 1. The molecule has 0 amide bonds. The fraction of sp³-hybridized carbons (Fsp3) is 0.136. The summed E-state index contributed by atoms with van der Waals surface area (Å²) in [6.45, 7) is 2.18. The van der Waals surface area contributed by atoms with Crippen LogP contribution in [0.1, 0.15) is 20.8 Å². The number of rotatable bonds is 6. The largest absolute Gasteiger partial charge is 0.508 e. The minimum atomic E-state index is -0.357. The van der Waals surface area contributed by atoms with Crippen molar-refractivity contribution < 1.29 is 14.6 Å². The van der Waals surface area contributed by atoms with Gasteiger partial charge in [-0.05, 0) is 30.2 Å². The second-order valence-corrected chi connectivity index (χ2v) is 7.50. The third-order valence-electron chi connectivity index (χ3n) is 4.49. The summed E-state index contributed by atoms with van der Waals surface area (Å²) in [7, 11) is 0. The smallest absolute Gasteiger partial charge is 0.348 e. The molecule has 4 rings (SSSR count). The van der Waals surface area contributed by atoms with Gasteiger partial charge in [0.15, 0.2) is 0 Å². The topological polar surface area (TPSA) is 84.3 Å². The number of aryl methyl sites for hydroxylation is 1. The second-order valence-electron chi connectivity index (χ2n) is 6.51. The third kappa shape index (κ3) is 4.20. The van der Waals surface area contributed by atoms with Crippen molar-refractivity contribution in [2.45, 2.75) is 13.3 Å². The molecule has 0 aliphatic carbocycles. The van der Waals surface area contributed by atoms with E-state index in [9.17, 15) is 9.90 Å². The van der Waals surface area contributed by atoms with Gasteiger partial charge in [-0.2, -0.15) is 0 Å². The van der Waals surface area contributed by atoms with E-state index in [-0.39, 0.29) is 11.7 Å². The Hall–Kier alpha value is -3.45. The number of aromatic hydroxyl groups is 1. The number of thiophene rings is 1. The van der Waals surface area contributed by atoms with Crippen molar-refractivity contribution >= 4 is 39.0 Å². The van der Waals surface area contributed by atoms with Gasteiger partial charge in [0.2, 0.25) is 0 Å². The van der Waals surface area contributed by atoms with Crippen LogP contribution in [0.4, 0.5) is 11.5 Å². The highest BCUT2D eigenvalue weighted by atomic mass is 32.1. The molecule has 146 valence electrons. The summed E-state index contributed by atoms with van der Waals surface area (Å²) >= 11 is 1.29. The van der Waals surface area contributed by atoms with Gasteiger partial charge in [0.1, 0.15) is 27.6 Å². The lowest BCUT2D eigenvalue weighted by molar-refractivity contribution is 0.0514. The average Bonchev–Trinajstić information content (AvgIpc) is 3.06. The molecule has 2 N–H and O–H groups in total. The molecule has 0 saturated carbocycles. The number of hydrogen-bond donors (Lipinski definition) is 2. The zero-order valence-corrected chi connectivity index (χ0v) is 16.6. The zero-order chi connectivity index (χ0) is 20.2. The molecule has 2 heterocycles.